The van der Waals surface area contributed by atoms with Gasteiger partial charge < -0.3 is 14.8 Å². The van der Waals surface area contributed by atoms with Crippen molar-refractivity contribution in [2.75, 3.05) is 20.7 Å². The van der Waals surface area contributed by atoms with E-state index in [1.54, 1.807) is 19.2 Å². The molecule has 1 aliphatic carbocycles. The van der Waals surface area contributed by atoms with Crippen LogP contribution in [-0.2, 0) is 11.3 Å². The molecule has 1 amide bonds. The van der Waals surface area contributed by atoms with Crippen molar-refractivity contribution in [3.05, 3.63) is 59.7 Å². The number of amides is 1. The SMILES string of the molecule is COc1ccc(C(NC(=O)CN(C)Cc2ccc(OC(F)F)cc2)C2CC2)cc1. The van der Waals surface area contributed by atoms with E-state index in [4.69, 9.17) is 4.74 Å². The van der Waals surface area contributed by atoms with Crippen LogP contribution in [-0.4, -0.2) is 38.1 Å². The first kappa shape index (κ1) is 21.0. The molecular formula is C22H26F2N2O3. The zero-order chi connectivity index (χ0) is 20.8. The first-order valence-corrected chi connectivity index (χ1v) is 9.60. The predicted molar refractivity (Wildman–Crippen MR) is 106 cm³/mol. The monoisotopic (exact) mass is 404 g/mol. The van der Waals surface area contributed by atoms with E-state index in [2.05, 4.69) is 10.1 Å². The third-order valence-electron chi connectivity index (χ3n) is 4.90. The second kappa shape index (κ2) is 9.69. The molecule has 0 heterocycles. The molecule has 1 saturated carbocycles. The molecule has 1 unspecified atom stereocenters. The maximum Gasteiger partial charge on any atom is 0.387 e. The van der Waals surface area contributed by atoms with E-state index < -0.39 is 6.61 Å². The van der Waals surface area contributed by atoms with Crippen LogP contribution in [0.1, 0.15) is 30.0 Å². The van der Waals surface area contributed by atoms with Gasteiger partial charge in [0.05, 0.1) is 19.7 Å². The molecule has 3 rings (SSSR count). The van der Waals surface area contributed by atoms with Crippen LogP contribution < -0.4 is 14.8 Å². The molecule has 0 spiro atoms. The lowest BCUT2D eigenvalue weighted by atomic mass is 10.0. The number of carbonyl (C=O) groups is 1. The van der Waals surface area contributed by atoms with E-state index in [-0.39, 0.29) is 24.2 Å². The lowest BCUT2D eigenvalue weighted by molar-refractivity contribution is -0.123. The molecule has 1 atom stereocenters. The second-order valence-corrected chi connectivity index (χ2v) is 7.35. The Balaban J connectivity index is 1.52. The topological polar surface area (TPSA) is 50.8 Å². The summed E-state index contributed by atoms with van der Waals surface area (Å²) < 4.78 is 34.0. The predicted octanol–water partition coefficient (Wildman–Crippen LogP) is 4.00. The lowest BCUT2D eigenvalue weighted by Crippen LogP contribution is -2.37. The van der Waals surface area contributed by atoms with Gasteiger partial charge in [-0.3, -0.25) is 9.69 Å². The summed E-state index contributed by atoms with van der Waals surface area (Å²) in [5, 5.41) is 3.16. The molecule has 29 heavy (non-hydrogen) atoms. The number of nitrogens with zero attached hydrogens (tertiary/aromatic N) is 1. The van der Waals surface area contributed by atoms with Gasteiger partial charge in [-0.25, -0.2) is 0 Å². The Hall–Kier alpha value is -2.67. The molecule has 1 fully saturated rings. The number of halogens is 2. The molecule has 1 N–H and O–H groups in total. The molecule has 156 valence electrons. The van der Waals surface area contributed by atoms with Crippen LogP contribution in [0, 0.1) is 5.92 Å². The van der Waals surface area contributed by atoms with Crippen LogP contribution in [0.25, 0.3) is 0 Å². The summed E-state index contributed by atoms with van der Waals surface area (Å²) in [6.45, 7) is -2.06. The summed E-state index contributed by atoms with van der Waals surface area (Å²) in [5.74, 6) is 1.34. The number of nitrogens with one attached hydrogen (secondary N) is 1. The van der Waals surface area contributed by atoms with Gasteiger partial charge in [0, 0.05) is 6.54 Å². The Morgan fingerprint density at radius 1 is 1.10 bits per heavy atom. The first-order chi connectivity index (χ1) is 13.9. The number of benzene rings is 2. The highest BCUT2D eigenvalue weighted by molar-refractivity contribution is 5.78. The van der Waals surface area contributed by atoms with Crippen molar-refractivity contribution in [2.24, 2.45) is 5.92 Å². The Morgan fingerprint density at radius 3 is 2.28 bits per heavy atom. The van der Waals surface area contributed by atoms with Gasteiger partial charge in [-0.1, -0.05) is 24.3 Å². The van der Waals surface area contributed by atoms with E-state index in [9.17, 15) is 13.6 Å². The van der Waals surface area contributed by atoms with Crippen LogP contribution in [0.4, 0.5) is 8.78 Å². The summed E-state index contributed by atoms with van der Waals surface area (Å²) in [6.07, 6.45) is 2.22. The molecule has 0 aromatic heterocycles. The van der Waals surface area contributed by atoms with Gasteiger partial charge >= 0.3 is 6.61 Å². The van der Waals surface area contributed by atoms with Crippen molar-refractivity contribution in [2.45, 2.75) is 32.0 Å². The molecule has 2 aromatic rings. The summed E-state index contributed by atoms with van der Waals surface area (Å²) in [7, 11) is 3.48. The minimum atomic E-state index is -2.84. The third-order valence-corrected chi connectivity index (χ3v) is 4.90. The highest BCUT2D eigenvalue weighted by Gasteiger charge is 2.33. The number of carbonyl (C=O) groups excluding carboxylic acids is 1. The van der Waals surface area contributed by atoms with Crippen molar-refractivity contribution in [3.8, 4) is 11.5 Å². The standard InChI is InChI=1S/C22H26F2N2O3/c1-26(13-15-3-9-19(10-4-15)29-22(23)24)14-20(27)25-21(16-5-6-16)17-7-11-18(28-2)12-8-17/h3-4,7-12,16,21-22H,5-6,13-14H2,1-2H3,(H,25,27). The van der Waals surface area contributed by atoms with Crippen molar-refractivity contribution >= 4 is 5.91 Å². The van der Waals surface area contributed by atoms with E-state index in [1.807, 2.05) is 36.2 Å². The van der Waals surface area contributed by atoms with Gasteiger partial charge in [-0.15, -0.1) is 0 Å². The number of rotatable bonds is 10. The van der Waals surface area contributed by atoms with Crippen LogP contribution in [0.3, 0.4) is 0 Å². The maximum atomic E-state index is 12.6. The van der Waals surface area contributed by atoms with E-state index in [0.717, 1.165) is 29.7 Å². The van der Waals surface area contributed by atoms with Gasteiger partial charge in [0.1, 0.15) is 11.5 Å². The molecule has 1 aliphatic rings. The van der Waals surface area contributed by atoms with Crippen LogP contribution in [0.15, 0.2) is 48.5 Å². The van der Waals surface area contributed by atoms with Crippen LogP contribution >= 0.6 is 0 Å². The van der Waals surface area contributed by atoms with E-state index in [0.29, 0.717) is 12.5 Å². The van der Waals surface area contributed by atoms with Gasteiger partial charge in [0.25, 0.3) is 0 Å². The van der Waals surface area contributed by atoms with Crippen molar-refractivity contribution in [1.82, 2.24) is 10.2 Å². The van der Waals surface area contributed by atoms with Crippen LogP contribution in [0.5, 0.6) is 11.5 Å². The fraction of sp³-hybridized carbons (Fsp3) is 0.409. The number of likely N-dealkylation sites (N-methyl/N-ethyl adjacent to an activating group) is 1. The summed E-state index contributed by atoms with van der Waals surface area (Å²) in [4.78, 5) is 14.5. The smallest absolute Gasteiger partial charge is 0.387 e. The van der Waals surface area contributed by atoms with Crippen molar-refractivity contribution in [3.63, 3.8) is 0 Å². The molecule has 0 radical (unpaired) electrons. The molecule has 0 saturated heterocycles. The number of ether oxygens (including phenoxy) is 2. The maximum absolute atomic E-state index is 12.6. The zero-order valence-electron chi connectivity index (χ0n) is 16.6. The largest absolute Gasteiger partial charge is 0.497 e. The molecule has 5 nitrogen and oxygen atoms in total. The number of hydrogen-bond donors (Lipinski definition) is 1. The molecular weight excluding hydrogens is 378 g/mol. The fourth-order valence-electron chi connectivity index (χ4n) is 3.32. The minimum absolute atomic E-state index is 0.00702. The average Bonchev–Trinajstić information content (AvgIpc) is 3.52. The van der Waals surface area contributed by atoms with E-state index >= 15 is 0 Å². The molecule has 2 aromatic carbocycles. The van der Waals surface area contributed by atoms with Gasteiger partial charge in [0.2, 0.25) is 5.91 Å². The van der Waals surface area contributed by atoms with Gasteiger partial charge in [0.15, 0.2) is 0 Å². The fourth-order valence-corrected chi connectivity index (χ4v) is 3.32. The Kier molecular flexibility index (Phi) is 7.04. The summed E-state index contributed by atoms with van der Waals surface area (Å²) >= 11 is 0. The van der Waals surface area contributed by atoms with Crippen LogP contribution in [0.2, 0.25) is 0 Å². The van der Waals surface area contributed by atoms with E-state index in [1.165, 1.54) is 12.1 Å². The normalized spacial score (nSPS) is 14.7. The molecule has 0 aliphatic heterocycles. The van der Waals surface area contributed by atoms with Crippen molar-refractivity contribution in [1.29, 1.82) is 0 Å². The molecule has 7 heteroatoms. The Labute approximate surface area is 169 Å². The third kappa shape index (κ3) is 6.42. The second-order valence-electron chi connectivity index (χ2n) is 7.35. The quantitative estimate of drug-likeness (QED) is 0.651. The first-order valence-electron chi connectivity index (χ1n) is 9.60. The highest BCUT2D eigenvalue weighted by atomic mass is 19.3. The number of alkyl halides is 2. The average molecular weight is 404 g/mol. The van der Waals surface area contributed by atoms with Gasteiger partial charge in [-0.2, -0.15) is 8.78 Å². The van der Waals surface area contributed by atoms with Gasteiger partial charge in [-0.05, 0) is 61.2 Å². The number of methoxy groups -OCH3 is 1. The molecule has 0 bridgehead atoms. The lowest BCUT2D eigenvalue weighted by Gasteiger charge is -2.22. The summed E-state index contributed by atoms with van der Waals surface area (Å²) in [6, 6.07) is 14.3. The number of hydrogen-bond acceptors (Lipinski definition) is 4. The Morgan fingerprint density at radius 2 is 1.72 bits per heavy atom. The minimum Gasteiger partial charge on any atom is -0.497 e. The highest BCUT2D eigenvalue weighted by Crippen LogP contribution is 2.41. The Bertz CT molecular complexity index is 793. The zero-order valence-corrected chi connectivity index (χ0v) is 16.6. The van der Waals surface area contributed by atoms with Crippen molar-refractivity contribution < 1.29 is 23.0 Å². The summed E-state index contributed by atoms with van der Waals surface area (Å²) in [5.41, 5.74) is 2.00.